The third-order valence-electron chi connectivity index (χ3n) is 5.42. The highest BCUT2D eigenvalue weighted by Crippen LogP contribution is 2.23. The Labute approximate surface area is 144 Å². The minimum Gasteiger partial charge on any atom is -0.408 e. The normalized spacial score (nSPS) is 16.9. The number of para-hydroxylation sites is 1. The van der Waals surface area contributed by atoms with Gasteiger partial charge in [0.1, 0.15) is 0 Å². The molecule has 0 N–H and O–H groups in total. The quantitative estimate of drug-likeness (QED) is 0.764. The Hall–Kier alpha value is -1.55. The van der Waals surface area contributed by atoms with Gasteiger partial charge in [0.05, 0.1) is 5.52 Å². The van der Waals surface area contributed by atoms with Crippen LogP contribution in [0.25, 0.3) is 11.1 Å². The maximum Gasteiger partial charge on any atom is 0.419 e. The highest BCUT2D eigenvalue weighted by atomic mass is 16.4. The predicted octanol–water partition coefficient (Wildman–Crippen LogP) is 4.20. The van der Waals surface area contributed by atoms with Crippen molar-refractivity contribution in [2.75, 3.05) is 19.6 Å². The molecule has 1 aromatic heterocycles. The van der Waals surface area contributed by atoms with E-state index in [-0.39, 0.29) is 5.76 Å². The number of likely N-dealkylation sites (tertiary alicyclic amines) is 1. The second-order valence-corrected chi connectivity index (χ2v) is 7.22. The Balaban J connectivity index is 1.51. The summed E-state index contributed by atoms with van der Waals surface area (Å²) < 4.78 is 7.17. The summed E-state index contributed by atoms with van der Waals surface area (Å²) in [4.78, 5) is 14.7. The first-order chi connectivity index (χ1) is 11.7. The van der Waals surface area contributed by atoms with E-state index in [0.29, 0.717) is 5.58 Å². The number of hydrogen-bond acceptors (Lipinski definition) is 3. The van der Waals surface area contributed by atoms with Crippen molar-refractivity contribution in [2.24, 2.45) is 5.92 Å². The summed E-state index contributed by atoms with van der Waals surface area (Å²) in [5.41, 5.74) is 2.77. The van der Waals surface area contributed by atoms with Gasteiger partial charge in [-0.25, -0.2) is 4.79 Å². The Bertz CT molecular complexity index is 708. The molecule has 0 saturated carbocycles. The molecule has 4 nitrogen and oxygen atoms in total. The lowest BCUT2D eigenvalue weighted by Gasteiger charge is -2.32. The predicted molar refractivity (Wildman–Crippen MR) is 98.5 cm³/mol. The highest BCUT2D eigenvalue weighted by Gasteiger charge is 2.18. The van der Waals surface area contributed by atoms with E-state index in [4.69, 9.17) is 4.42 Å². The smallest absolute Gasteiger partial charge is 0.408 e. The molecule has 1 fully saturated rings. The molecule has 0 bridgehead atoms. The van der Waals surface area contributed by atoms with Crippen LogP contribution in [0.2, 0.25) is 0 Å². The summed E-state index contributed by atoms with van der Waals surface area (Å²) in [5.74, 6) is 0.710. The molecule has 0 amide bonds. The molecule has 0 atom stereocenters. The SMILES string of the molecule is CCCCC1CCN(CCCn2c(=O)oc3cccc(C)c32)CC1. The van der Waals surface area contributed by atoms with E-state index >= 15 is 0 Å². The molecule has 2 aromatic rings. The van der Waals surface area contributed by atoms with Crippen molar-refractivity contribution < 1.29 is 4.42 Å². The average Bonchev–Trinajstić information content (AvgIpc) is 2.91. The fourth-order valence-electron chi connectivity index (χ4n) is 3.95. The minimum atomic E-state index is -0.224. The second kappa shape index (κ2) is 8.02. The Morgan fingerprint density at radius 3 is 2.71 bits per heavy atom. The maximum atomic E-state index is 12.1. The zero-order chi connectivity index (χ0) is 16.9. The maximum absolute atomic E-state index is 12.1. The van der Waals surface area contributed by atoms with Crippen molar-refractivity contribution in [2.45, 2.75) is 58.9 Å². The number of rotatable bonds is 7. The van der Waals surface area contributed by atoms with Crippen molar-refractivity contribution in [3.8, 4) is 0 Å². The molecule has 1 saturated heterocycles. The van der Waals surface area contributed by atoms with Gasteiger partial charge in [-0.15, -0.1) is 0 Å². The van der Waals surface area contributed by atoms with E-state index in [0.717, 1.165) is 36.5 Å². The second-order valence-electron chi connectivity index (χ2n) is 7.22. The summed E-state index contributed by atoms with van der Waals surface area (Å²) in [6.07, 6.45) is 7.78. The molecule has 4 heteroatoms. The van der Waals surface area contributed by atoms with Crippen LogP contribution >= 0.6 is 0 Å². The fourth-order valence-corrected chi connectivity index (χ4v) is 3.95. The largest absolute Gasteiger partial charge is 0.419 e. The van der Waals surface area contributed by atoms with Gasteiger partial charge in [-0.1, -0.05) is 38.3 Å². The summed E-state index contributed by atoms with van der Waals surface area (Å²) >= 11 is 0. The van der Waals surface area contributed by atoms with Crippen molar-refractivity contribution in [3.05, 3.63) is 34.3 Å². The van der Waals surface area contributed by atoms with E-state index in [2.05, 4.69) is 11.8 Å². The molecule has 1 aromatic carbocycles. The molecular formula is C20H30N2O2. The van der Waals surface area contributed by atoms with Crippen molar-refractivity contribution in [1.29, 1.82) is 0 Å². The molecule has 0 spiro atoms. The van der Waals surface area contributed by atoms with Gasteiger partial charge in [0.15, 0.2) is 5.58 Å². The van der Waals surface area contributed by atoms with E-state index in [9.17, 15) is 4.79 Å². The molecular weight excluding hydrogens is 300 g/mol. The van der Waals surface area contributed by atoms with Gasteiger partial charge in [-0.05, 0) is 63.4 Å². The first-order valence-corrected chi connectivity index (χ1v) is 9.50. The molecule has 0 aliphatic carbocycles. The van der Waals surface area contributed by atoms with E-state index in [1.165, 1.54) is 45.2 Å². The van der Waals surface area contributed by atoms with E-state index in [1.54, 1.807) is 4.57 Å². The summed E-state index contributed by atoms with van der Waals surface area (Å²) in [6.45, 7) is 8.56. The Morgan fingerprint density at radius 1 is 1.17 bits per heavy atom. The number of oxazole rings is 1. The van der Waals surface area contributed by atoms with Gasteiger partial charge in [-0.3, -0.25) is 4.57 Å². The van der Waals surface area contributed by atoms with Gasteiger partial charge in [0.25, 0.3) is 0 Å². The molecule has 0 unspecified atom stereocenters. The van der Waals surface area contributed by atoms with E-state index < -0.39 is 0 Å². The van der Waals surface area contributed by atoms with Gasteiger partial charge >= 0.3 is 5.76 Å². The van der Waals surface area contributed by atoms with Crippen LogP contribution in [0, 0.1) is 12.8 Å². The molecule has 24 heavy (non-hydrogen) atoms. The number of benzene rings is 1. The lowest BCUT2D eigenvalue weighted by Crippen LogP contribution is -2.35. The van der Waals surface area contributed by atoms with Gasteiger partial charge in [-0.2, -0.15) is 0 Å². The van der Waals surface area contributed by atoms with E-state index in [1.807, 2.05) is 25.1 Å². The molecule has 1 aliphatic heterocycles. The third kappa shape index (κ3) is 3.92. The topological polar surface area (TPSA) is 38.4 Å². The number of unbranched alkanes of at least 4 members (excludes halogenated alkanes) is 1. The van der Waals surface area contributed by atoms with Crippen LogP contribution in [0.15, 0.2) is 27.4 Å². The number of hydrogen-bond donors (Lipinski definition) is 0. The number of nitrogens with zero attached hydrogens (tertiary/aromatic N) is 2. The fraction of sp³-hybridized carbons (Fsp3) is 0.650. The molecule has 132 valence electrons. The van der Waals surface area contributed by atoms with Crippen molar-refractivity contribution in [1.82, 2.24) is 9.47 Å². The number of aromatic nitrogens is 1. The van der Waals surface area contributed by atoms with Gasteiger partial charge in [0.2, 0.25) is 0 Å². The zero-order valence-corrected chi connectivity index (χ0v) is 15.1. The molecule has 0 radical (unpaired) electrons. The average molecular weight is 330 g/mol. The number of fused-ring (bicyclic) bond motifs is 1. The number of piperidine rings is 1. The Morgan fingerprint density at radius 2 is 1.96 bits per heavy atom. The van der Waals surface area contributed by atoms with Gasteiger partial charge < -0.3 is 9.32 Å². The zero-order valence-electron chi connectivity index (χ0n) is 15.1. The Kier molecular flexibility index (Phi) is 5.77. The van der Waals surface area contributed by atoms with Crippen molar-refractivity contribution in [3.63, 3.8) is 0 Å². The summed E-state index contributed by atoms with van der Waals surface area (Å²) in [7, 11) is 0. The summed E-state index contributed by atoms with van der Waals surface area (Å²) in [6, 6.07) is 5.85. The van der Waals surface area contributed by atoms with Crippen LogP contribution in [0.5, 0.6) is 0 Å². The minimum absolute atomic E-state index is 0.224. The first-order valence-electron chi connectivity index (χ1n) is 9.50. The monoisotopic (exact) mass is 330 g/mol. The van der Waals surface area contributed by atoms with Crippen LogP contribution in [0.4, 0.5) is 0 Å². The number of aryl methyl sites for hydroxylation is 2. The highest BCUT2D eigenvalue weighted by molar-refractivity contribution is 5.76. The van der Waals surface area contributed by atoms with Crippen LogP contribution in [0.3, 0.4) is 0 Å². The third-order valence-corrected chi connectivity index (χ3v) is 5.42. The van der Waals surface area contributed by atoms with Crippen molar-refractivity contribution >= 4 is 11.1 Å². The van der Waals surface area contributed by atoms with Gasteiger partial charge in [0, 0.05) is 6.54 Å². The lowest BCUT2D eigenvalue weighted by molar-refractivity contribution is 0.173. The molecule has 2 heterocycles. The standard InChI is InChI=1S/C20H30N2O2/c1-3-4-8-17-10-14-21(15-11-17)12-6-13-22-19-16(2)7-5-9-18(19)24-20(22)23/h5,7,9,17H,3-4,6,8,10-15H2,1-2H3. The van der Waals surface area contributed by atoms with Crippen LogP contribution in [-0.4, -0.2) is 29.1 Å². The van der Waals surface area contributed by atoms with Crippen LogP contribution in [-0.2, 0) is 6.54 Å². The lowest BCUT2D eigenvalue weighted by atomic mass is 9.91. The summed E-state index contributed by atoms with van der Waals surface area (Å²) in [5, 5.41) is 0. The first kappa shape index (κ1) is 17.3. The molecule has 1 aliphatic rings. The van der Waals surface area contributed by atoms with Crippen LogP contribution < -0.4 is 5.76 Å². The molecule has 3 rings (SSSR count). The van der Waals surface area contributed by atoms with Crippen LogP contribution in [0.1, 0.15) is 51.0 Å².